The number of carbonyl (C=O) groups is 1. The van der Waals surface area contributed by atoms with E-state index in [0.29, 0.717) is 11.8 Å². The summed E-state index contributed by atoms with van der Waals surface area (Å²) in [5.41, 5.74) is 1.17. The van der Waals surface area contributed by atoms with Crippen molar-refractivity contribution in [1.29, 1.82) is 0 Å². The van der Waals surface area contributed by atoms with E-state index >= 15 is 0 Å². The standard InChI is InChI=1S/C21H32N2O3/c1-16-5-4-10-23(14-16)21(24)17-8-11-22(12-9-17)15-18-6-7-19(25-2)13-20(18)26-3/h6-7,13,16-17H,4-5,8-12,14-15H2,1-3H3/t16-/m1/s1. The molecule has 5 nitrogen and oxygen atoms in total. The number of amides is 1. The Bertz CT molecular complexity index is 611. The van der Waals surface area contributed by atoms with Crippen molar-refractivity contribution in [1.82, 2.24) is 9.80 Å². The van der Waals surface area contributed by atoms with Gasteiger partial charge in [0.05, 0.1) is 14.2 Å². The minimum absolute atomic E-state index is 0.203. The minimum Gasteiger partial charge on any atom is -0.497 e. The number of hydrogen-bond donors (Lipinski definition) is 0. The zero-order valence-electron chi connectivity index (χ0n) is 16.4. The second kappa shape index (κ2) is 8.76. The second-order valence-electron chi connectivity index (χ2n) is 7.76. The van der Waals surface area contributed by atoms with Gasteiger partial charge in [-0.05, 0) is 50.8 Å². The van der Waals surface area contributed by atoms with Crippen LogP contribution in [0.25, 0.3) is 0 Å². The number of carbonyl (C=O) groups excluding carboxylic acids is 1. The van der Waals surface area contributed by atoms with Gasteiger partial charge in [-0.3, -0.25) is 9.69 Å². The third-order valence-electron chi connectivity index (χ3n) is 5.79. The fourth-order valence-electron chi connectivity index (χ4n) is 4.21. The Morgan fingerprint density at radius 2 is 1.88 bits per heavy atom. The molecule has 5 heteroatoms. The van der Waals surface area contributed by atoms with E-state index in [9.17, 15) is 4.79 Å². The molecule has 0 unspecified atom stereocenters. The Balaban J connectivity index is 1.53. The van der Waals surface area contributed by atoms with Gasteiger partial charge in [-0.15, -0.1) is 0 Å². The van der Waals surface area contributed by atoms with Crippen molar-refractivity contribution >= 4 is 5.91 Å². The minimum atomic E-state index is 0.203. The van der Waals surface area contributed by atoms with Crippen LogP contribution in [0.1, 0.15) is 38.2 Å². The molecule has 2 aliphatic rings. The Kier molecular flexibility index (Phi) is 6.41. The molecule has 26 heavy (non-hydrogen) atoms. The number of likely N-dealkylation sites (tertiary alicyclic amines) is 2. The molecule has 0 spiro atoms. The molecule has 1 aromatic rings. The van der Waals surface area contributed by atoms with Crippen LogP contribution in [0.2, 0.25) is 0 Å². The summed E-state index contributed by atoms with van der Waals surface area (Å²) in [6, 6.07) is 5.98. The lowest BCUT2D eigenvalue weighted by atomic mass is 9.92. The van der Waals surface area contributed by atoms with Crippen molar-refractivity contribution in [2.24, 2.45) is 11.8 Å². The molecule has 0 bridgehead atoms. The summed E-state index contributed by atoms with van der Waals surface area (Å²) in [5, 5.41) is 0. The number of methoxy groups -OCH3 is 2. The SMILES string of the molecule is COc1ccc(CN2CCC(C(=O)N3CCC[C@@H](C)C3)CC2)c(OC)c1. The molecule has 2 fully saturated rings. The Hall–Kier alpha value is -1.75. The predicted octanol–water partition coefficient (Wildman–Crippen LogP) is 3.17. The molecule has 2 aliphatic heterocycles. The predicted molar refractivity (Wildman–Crippen MR) is 103 cm³/mol. The summed E-state index contributed by atoms with van der Waals surface area (Å²) in [7, 11) is 3.36. The molecule has 0 N–H and O–H groups in total. The average Bonchev–Trinajstić information content (AvgIpc) is 2.68. The molecular formula is C21H32N2O3. The first kappa shape index (κ1) is 19.0. The summed E-state index contributed by atoms with van der Waals surface area (Å²) in [6.07, 6.45) is 4.33. The van der Waals surface area contributed by atoms with Crippen LogP contribution in [0.3, 0.4) is 0 Å². The maximum absolute atomic E-state index is 12.8. The Labute approximate surface area is 157 Å². The lowest BCUT2D eigenvalue weighted by molar-refractivity contribution is -0.138. The van der Waals surface area contributed by atoms with E-state index in [-0.39, 0.29) is 5.92 Å². The highest BCUT2D eigenvalue weighted by molar-refractivity contribution is 5.79. The van der Waals surface area contributed by atoms with Crippen LogP contribution >= 0.6 is 0 Å². The van der Waals surface area contributed by atoms with Crippen molar-refractivity contribution in [2.45, 2.75) is 39.2 Å². The highest BCUT2D eigenvalue weighted by Crippen LogP contribution is 2.28. The van der Waals surface area contributed by atoms with E-state index in [1.165, 1.54) is 12.0 Å². The van der Waals surface area contributed by atoms with Crippen LogP contribution in [0.5, 0.6) is 11.5 Å². The number of nitrogens with zero attached hydrogens (tertiary/aromatic N) is 2. The smallest absolute Gasteiger partial charge is 0.225 e. The summed E-state index contributed by atoms with van der Waals surface area (Å²) in [5.74, 6) is 2.92. The molecule has 2 heterocycles. The molecule has 144 valence electrons. The first-order chi connectivity index (χ1) is 12.6. The van der Waals surface area contributed by atoms with Gasteiger partial charge in [0.2, 0.25) is 5.91 Å². The highest BCUT2D eigenvalue weighted by Gasteiger charge is 2.30. The van der Waals surface area contributed by atoms with E-state index in [4.69, 9.17) is 9.47 Å². The van der Waals surface area contributed by atoms with Gasteiger partial charge in [0.1, 0.15) is 11.5 Å². The number of ether oxygens (including phenoxy) is 2. The topological polar surface area (TPSA) is 42.0 Å². The van der Waals surface area contributed by atoms with Crippen molar-refractivity contribution in [2.75, 3.05) is 40.4 Å². The zero-order chi connectivity index (χ0) is 18.5. The summed E-state index contributed by atoms with van der Waals surface area (Å²) in [6.45, 7) is 6.94. The van der Waals surface area contributed by atoms with Crippen LogP contribution in [-0.4, -0.2) is 56.1 Å². The van der Waals surface area contributed by atoms with Crippen LogP contribution in [0, 0.1) is 11.8 Å². The zero-order valence-corrected chi connectivity index (χ0v) is 16.4. The third-order valence-corrected chi connectivity index (χ3v) is 5.79. The van der Waals surface area contributed by atoms with Gasteiger partial charge in [0.15, 0.2) is 0 Å². The van der Waals surface area contributed by atoms with Crippen molar-refractivity contribution in [3.05, 3.63) is 23.8 Å². The van der Waals surface area contributed by atoms with Crippen molar-refractivity contribution < 1.29 is 14.3 Å². The quantitative estimate of drug-likeness (QED) is 0.809. The molecular weight excluding hydrogens is 328 g/mol. The van der Waals surface area contributed by atoms with Gasteiger partial charge in [0.25, 0.3) is 0 Å². The Morgan fingerprint density at radius 1 is 1.12 bits per heavy atom. The molecule has 1 amide bonds. The molecule has 0 saturated carbocycles. The molecule has 0 radical (unpaired) electrons. The van der Waals surface area contributed by atoms with Crippen molar-refractivity contribution in [3.63, 3.8) is 0 Å². The number of hydrogen-bond acceptors (Lipinski definition) is 4. The van der Waals surface area contributed by atoms with E-state index in [0.717, 1.165) is 63.5 Å². The fourth-order valence-corrected chi connectivity index (χ4v) is 4.21. The van der Waals surface area contributed by atoms with Gasteiger partial charge in [0, 0.05) is 37.2 Å². The third kappa shape index (κ3) is 4.50. The maximum Gasteiger partial charge on any atom is 0.225 e. The first-order valence-corrected chi connectivity index (χ1v) is 9.82. The van der Waals surface area contributed by atoms with Crippen LogP contribution in [0.15, 0.2) is 18.2 Å². The average molecular weight is 360 g/mol. The van der Waals surface area contributed by atoms with E-state index in [1.54, 1.807) is 14.2 Å². The molecule has 2 saturated heterocycles. The van der Waals surface area contributed by atoms with Gasteiger partial charge < -0.3 is 14.4 Å². The fraction of sp³-hybridized carbons (Fsp3) is 0.667. The van der Waals surface area contributed by atoms with Crippen LogP contribution in [-0.2, 0) is 11.3 Å². The lowest BCUT2D eigenvalue weighted by Crippen LogP contribution is -2.45. The molecule has 1 aromatic carbocycles. The van der Waals surface area contributed by atoms with Gasteiger partial charge in [-0.2, -0.15) is 0 Å². The van der Waals surface area contributed by atoms with Crippen molar-refractivity contribution in [3.8, 4) is 11.5 Å². The molecule has 1 atom stereocenters. The summed E-state index contributed by atoms with van der Waals surface area (Å²) >= 11 is 0. The number of piperidine rings is 2. The second-order valence-corrected chi connectivity index (χ2v) is 7.76. The van der Waals surface area contributed by atoms with Gasteiger partial charge >= 0.3 is 0 Å². The largest absolute Gasteiger partial charge is 0.497 e. The molecule has 3 rings (SSSR count). The lowest BCUT2D eigenvalue weighted by Gasteiger charge is -2.37. The van der Waals surface area contributed by atoms with E-state index in [2.05, 4.69) is 22.8 Å². The van der Waals surface area contributed by atoms with E-state index < -0.39 is 0 Å². The highest BCUT2D eigenvalue weighted by atomic mass is 16.5. The summed E-state index contributed by atoms with van der Waals surface area (Å²) < 4.78 is 10.8. The normalized spacial score (nSPS) is 22.3. The van der Waals surface area contributed by atoms with Gasteiger partial charge in [-0.25, -0.2) is 0 Å². The Morgan fingerprint density at radius 3 is 2.54 bits per heavy atom. The molecule has 0 aliphatic carbocycles. The monoisotopic (exact) mass is 360 g/mol. The van der Waals surface area contributed by atoms with Crippen LogP contribution < -0.4 is 9.47 Å². The van der Waals surface area contributed by atoms with E-state index in [1.807, 2.05) is 12.1 Å². The number of rotatable bonds is 5. The number of benzene rings is 1. The first-order valence-electron chi connectivity index (χ1n) is 9.82. The maximum atomic E-state index is 12.8. The summed E-state index contributed by atoms with van der Waals surface area (Å²) in [4.78, 5) is 17.3. The molecule has 0 aromatic heterocycles. The van der Waals surface area contributed by atoms with Crippen LogP contribution in [0.4, 0.5) is 0 Å². The van der Waals surface area contributed by atoms with Gasteiger partial charge in [-0.1, -0.05) is 13.0 Å².